The topological polar surface area (TPSA) is 116 Å². The predicted octanol–water partition coefficient (Wildman–Crippen LogP) is 9.77. The summed E-state index contributed by atoms with van der Waals surface area (Å²) in [5.74, 6) is 2.44. The van der Waals surface area contributed by atoms with E-state index in [9.17, 15) is 9.90 Å². The van der Waals surface area contributed by atoms with Crippen molar-refractivity contribution in [2.24, 2.45) is 10.8 Å². The van der Waals surface area contributed by atoms with Gasteiger partial charge in [-0.2, -0.15) is 9.97 Å². The molecule has 318 valence electrons. The van der Waals surface area contributed by atoms with Crippen LogP contribution in [0.3, 0.4) is 0 Å². The highest BCUT2D eigenvalue weighted by atomic mass is 28.3. The number of aliphatic hydroxyl groups excluding tert-OH is 1. The van der Waals surface area contributed by atoms with Crippen LogP contribution in [0, 0.1) is 33.9 Å². The number of methoxy groups -OCH3 is 1. The molecule has 13 heteroatoms. The van der Waals surface area contributed by atoms with E-state index in [2.05, 4.69) is 58.0 Å². The van der Waals surface area contributed by atoms with E-state index in [0.29, 0.717) is 63.7 Å². The quantitative estimate of drug-likeness (QED) is 0.0605. The lowest BCUT2D eigenvalue weighted by Crippen LogP contribution is -2.48. The van der Waals surface area contributed by atoms with Crippen LogP contribution in [-0.4, -0.2) is 79.9 Å². The molecule has 6 rings (SSSR count). The Balaban J connectivity index is 1.58. The van der Waals surface area contributed by atoms with Gasteiger partial charge in [-0.3, -0.25) is 9.78 Å². The van der Waals surface area contributed by atoms with Crippen LogP contribution in [0.25, 0.3) is 32.9 Å². The summed E-state index contributed by atoms with van der Waals surface area (Å²) in [5, 5.41) is 11.3. The van der Waals surface area contributed by atoms with Crippen LogP contribution >= 0.6 is 0 Å². The molecule has 3 heterocycles. The first kappa shape index (κ1) is 44.2. The zero-order chi connectivity index (χ0) is 43.1. The van der Waals surface area contributed by atoms with E-state index in [0.717, 1.165) is 12.8 Å². The zero-order valence-electron chi connectivity index (χ0n) is 36.5. The Hall–Kier alpha value is -4.38. The van der Waals surface area contributed by atoms with Crippen LogP contribution in [0.2, 0.25) is 16.6 Å². The molecule has 1 atom stereocenters. The van der Waals surface area contributed by atoms with Crippen molar-refractivity contribution in [1.82, 2.24) is 15.0 Å². The normalized spacial score (nSPS) is 18.1. The SMILES string of the molecule is COCOc1cc(-c2ncc3c(N4CCCC(C)(C(=O)OC(C)(C)C)C4)nc(OCC4(CO)CC4)nc3c2F)c2c(C#C[Si](C(C)C)(C(C)C)C(C)C)c(F)ccc2c1. The van der Waals surface area contributed by atoms with Gasteiger partial charge in [0.15, 0.2) is 12.6 Å². The first-order valence-electron chi connectivity index (χ1n) is 20.8. The Morgan fingerprint density at radius 1 is 1.02 bits per heavy atom. The van der Waals surface area contributed by atoms with Gasteiger partial charge in [0.2, 0.25) is 0 Å². The molecule has 0 bridgehead atoms. The summed E-state index contributed by atoms with van der Waals surface area (Å²) in [6, 6.07) is 6.35. The maximum absolute atomic E-state index is 17.6. The van der Waals surface area contributed by atoms with Crippen LogP contribution < -0.4 is 14.4 Å². The van der Waals surface area contributed by atoms with Crippen LogP contribution in [0.5, 0.6) is 11.8 Å². The highest BCUT2D eigenvalue weighted by Gasteiger charge is 2.45. The Kier molecular flexibility index (Phi) is 12.7. The molecule has 1 aliphatic carbocycles. The van der Waals surface area contributed by atoms with Gasteiger partial charge in [-0.25, -0.2) is 8.78 Å². The van der Waals surface area contributed by atoms with Gasteiger partial charge in [0, 0.05) is 42.8 Å². The molecule has 2 fully saturated rings. The molecule has 10 nitrogen and oxygen atoms in total. The molecular formula is C46H60F2N4O6Si. The fourth-order valence-electron chi connectivity index (χ4n) is 8.78. The highest BCUT2D eigenvalue weighted by Crippen LogP contribution is 2.46. The first-order chi connectivity index (χ1) is 27.8. The summed E-state index contributed by atoms with van der Waals surface area (Å²) in [7, 11) is -0.806. The standard InChI is InChI=1S/C46H60F2N4O6Si/c1-28(2)59(29(3)4,30(5)6)20-15-33-36(47)14-13-31-21-32(57-27-55-11)22-34(37(31)33)39-38(48)40-35(23-49-39)41(51-43(50-40)56-26-46(25-53)17-18-46)52-19-12-16-45(10,24-52)42(54)58-44(7,8)9/h13-14,21-23,28-30,53H,12,16-19,24-27H2,1-11H3. The van der Waals surface area contributed by atoms with E-state index in [-0.39, 0.29) is 60.9 Å². The van der Waals surface area contributed by atoms with Crippen LogP contribution in [0.15, 0.2) is 30.5 Å². The van der Waals surface area contributed by atoms with Crippen molar-refractivity contribution in [3.8, 4) is 34.5 Å². The minimum absolute atomic E-state index is 0.0539. The smallest absolute Gasteiger partial charge is 0.319 e. The van der Waals surface area contributed by atoms with E-state index in [1.165, 1.54) is 19.4 Å². The van der Waals surface area contributed by atoms with Gasteiger partial charge < -0.3 is 29.0 Å². The number of nitrogens with zero attached hydrogens (tertiary/aromatic N) is 4. The van der Waals surface area contributed by atoms with E-state index in [1.807, 2.05) is 32.6 Å². The van der Waals surface area contributed by atoms with Crippen molar-refractivity contribution < 1.29 is 37.6 Å². The highest BCUT2D eigenvalue weighted by molar-refractivity contribution is 6.90. The minimum atomic E-state index is -2.31. The lowest BCUT2D eigenvalue weighted by atomic mass is 9.81. The molecule has 1 saturated carbocycles. The van der Waals surface area contributed by atoms with Gasteiger partial charge in [-0.1, -0.05) is 53.5 Å². The summed E-state index contributed by atoms with van der Waals surface area (Å²) >= 11 is 0. The number of aliphatic hydroxyl groups is 1. The van der Waals surface area contributed by atoms with Crippen molar-refractivity contribution >= 4 is 41.5 Å². The number of anilines is 1. The number of hydrogen-bond donors (Lipinski definition) is 1. The summed E-state index contributed by atoms with van der Waals surface area (Å²) in [6.07, 6.45) is 4.36. The largest absolute Gasteiger partial charge is 0.468 e. The summed E-state index contributed by atoms with van der Waals surface area (Å²) in [5.41, 5.74) is 2.94. The number of piperidine rings is 1. The Morgan fingerprint density at radius 2 is 1.71 bits per heavy atom. The number of ether oxygens (including phenoxy) is 4. The number of carbonyl (C=O) groups excluding carboxylic acids is 1. The fraction of sp³-hybridized carbons (Fsp3) is 0.565. The zero-order valence-corrected chi connectivity index (χ0v) is 37.5. The van der Waals surface area contributed by atoms with Gasteiger partial charge in [0.25, 0.3) is 0 Å². The lowest BCUT2D eigenvalue weighted by Gasteiger charge is -2.40. The molecule has 2 aromatic carbocycles. The van der Waals surface area contributed by atoms with Crippen LogP contribution in [0.4, 0.5) is 14.6 Å². The van der Waals surface area contributed by atoms with Crippen LogP contribution in [0.1, 0.15) is 100 Å². The molecule has 0 spiro atoms. The third-order valence-corrected chi connectivity index (χ3v) is 18.5. The molecule has 1 unspecified atom stereocenters. The average Bonchev–Trinajstić information content (AvgIpc) is 3.96. The summed E-state index contributed by atoms with van der Waals surface area (Å²) in [6.45, 7) is 21.4. The fourth-order valence-corrected chi connectivity index (χ4v) is 14.0. The molecule has 1 saturated heterocycles. The lowest BCUT2D eigenvalue weighted by molar-refractivity contribution is -0.167. The van der Waals surface area contributed by atoms with E-state index in [4.69, 9.17) is 28.9 Å². The van der Waals surface area contributed by atoms with E-state index in [1.54, 1.807) is 18.2 Å². The van der Waals surface area contributed by atoms with Crippen molar-refractivity contribution in [3.63, 3.8) is 0 Å². The third kappa shape index (κ3) is 8.91. The molecule has 0 radical (unpaired) electrons. The molecule has 59 heavy (non-hydrogen) atoms. The number of esters is 1. The van der Waals surface area contributed by atoms with Crippen molar-refractivity contribution in [2.75, 3.05) is 45.1 Å². The molecule has 1 aliphatic heterocycles. The van der Waals surface area contributed by atoms with Crippen LogP contribution in [-0.2, 0) is 14.3 Å². The monoisotopic (exact) mass is 830 g/mol. The molecule has 0 amide bonds. The van der Waals surface area contributed by atoms with Gasteiger partial charge in [0.05, 0.1) is 29.6 Å². The Labute approximate surface area is 348 Å². The van der Waals surface area contributed by atoms with Gasteiger partial charge in [-0.15, -0.1) is 5.54 Å². The Bertz CT molecular complexity index is 2260. The maximum Gasteiger partial charge on any atom is 0.319 e. The number of benzene rings is 2. The number of fused-ring (bicyclic) bond motifs is 2. The van der Waals surface area contributed by atoms with Gasteiger partial charge in [-0.05, 0) is 93.6 Å². The number of rotatable bonds is 13. The van der Waals surface area contributed by atoms with Gasteiger partial charge in [0.1, 0.15) is 42.3 Å². The second-order valence-corrected chi connectivity index (χ2v) is 24.3. The number of hydrogen-bond acceptors (Lipinski definition) is 10. The average molecular weight is 831 g/mol. The second kappa shape index (κ2) is 16.9. The van der Waals surface area contributed by atoms with Crippen molar-refractivity contribution in [2.45, 2.75) is 117 Å². The first-order valence-corrected chi connectivity index (χ1v) is 23.0. The maximum atomic E-state index is 17.6. The molecule has 2 aromatic heterocycles. The molecule has 2 aliphatic rings. The van der Waals surface area contributed by atoms with E-state index < -0.39 is 36.1 Å². The molecule has 4 aromatic rings. The number of halogens is 2. The number of aromatic nitrogens is 3. The minimum Gasteiger partial charge on any atom is -0.468 e. The number of carbonyl (C=O) groups is 1. The summed E-state index contributed by atoms with van der Waals surface area (Å²) < 4.78 is 56.9. The second-order valence-electron chi connectivity index (χ2n) is 18.7. The molecule has 1 N–H and O–H groups in total. The van der Waals surface area contributed by atoms with Crippen molar-refractivity contribution in [3.05, 3.63) is 47.7 Å². The van der Waals surface area contributed by atoms with E-state index >= 15 is 8.78 Å². The molecular weight excluding hydrogens is 771 g/mol. The predicted molar refractivity (Wildman–Crippen MR) is 230 cm³/mol. The Morgan fingerprint density at radius 3 is 2.32 bits per heavy atom. The third-order valence-electron chi connectivity index (χ3n) is 12.2. The summed E-state index contributed by atoms with van der Waals surface area (Å²) in [4.78, 5) is 29.6. The number of pyridine rings is 1. The van der Waals surface area contributed by atoms with Gasteiger partial charge >= 0.3 is 12.0 Å². The van der Waals surface area contributed by atoms with Crippen molar-refractivity contribution in [1.29, 1.82) is 0 Å².